The van der Waals surface area contributed by atoms with E-state index in [2.05, 4.69) is 43.0 Å². The van der Waals surface area contributed by atoms with Crippen LogP contribution in [0.25, 0.3) is 45.1 Å². The Morgan fingerprint density at radius 3 is 2.25 bits per heavy atom. The molecule has 1 atom stereocenters. The molecule has 2 fully saturated rings. The first kappa shape index (κ1) is 30.5. The summed E-state index contributed by atoms with van der Waals surface area (Å²) in [5, 5.41) is 19.7. The molecule has 10 heteroatoms. The van der Waals surface area contributed by atoms with Crippen LogP contribution in [0.2, 0.25) is 0 Å². The van der Waals surface area contributed by atoms with Crippen LogP contribution in [-0.2, 0) is 24.4 Å². The number of aliphatic hydroxyl groups is 1. The molecule has 10 nitrogen and oxygen atoms in total. The Balaban J connectivity index is 1.05. The van der Waals surface area contributed by atoms with Crippen molar-refractivity contribution in [1.29, 1.82) is 5.26 Å². The van der Waals surface area contributed by atoms with Crippen molar-refractivity contribution < 1.29 is 18.7 Å². The minimum atomic E-state index is -0.349. The summed E-state index contributed by atoms with van der Waals surface area (Å²) in [5.41, 5.74) is 9.55. The highest BCUT2D eigenvalue weighted by Crippen LogP contribution is 2.39. The summed E-state index contributed by atoms with van der Waals surface area (Å²) >= 11 is 0. The van der Waals surface area contributed by atoms with Crippen molar-refractivity contribution in [2.75, 3.05) is 32.7 Å². The largest absolute Gasteiger partial charge is 0.439 e. The Kier molecular flexibility index (Phi) is 7.83. The van der Waals surface area contributed by atoms with E-state index in [0.29, 0.717) is 61.0 Å². The van der Waals surface area contributed by atoms with Crippen LogP contribution < -0.4 is 0 Å². The van der Waals surface area contributed by atoms with Crippen molar-refractivity contribution in [3.05, 3.63) is 82.2 Å². The van der Waals surface area contributed by atoms with E-state index in [1.165, 1.54) is 12.8 Å². The maximum atomic E-state index is 12.9. The van der Waals surface area contributed by atoms with Crippen LogP contribution in [0.3, 0.4) is 0 Å². The van der Waals surface area contributed by atoms with Crippen molar-refractivity contribution >= 4 is 17.0 Å². The summed E-state index contributed by atoms with van der Waals surface area (Å²) in [6.45, 7) is 9.53. The molecule has 0 spiro atoms. The number of aromatic nitrogens is 2. The van der Waals surface area contributed by atoms with E-state index in [4.69, 9.17) is 18.8 Å². The number of oxazole rings is 2. The Morgan fingerprint density at radius 1 is 0.917 bits per heavy atom. The minimum Gasteiger partial charge on any atom is -0.439 e. The fraction of sp³-hybridized carbons (Fsp3) is 0.368. The fourth-order valence-corrected chi connectivity index (χ4v) is 7.48. The Hall–Kier alpha value is -4.82. The molecule has 2 saturated heterocycles. The molecular formula is C38H38N6O4. The summed E-state index contributed by atoms with van der Waals surface area (Å²) in [4.78, 5) is 28.8. The van der Waals surface area contributed by atoms with Gasteiger partial charge in [0.25, 0.3) is 0 Å². The van der Waals surface area contributed by atoms with Gasteiger partial charge in [0.2, 0.25) is 17.7 Å². The number of nitriles is 1. The van der Waals surface area contributed by atoms with Gasteiger partial charge < -0.3 is 18.8 Å². The van der Waals surface area contributed by atoms with Gasteiger partial charge in [0.1, 0.15) is 23.0 Å². The third-order valence-electron chi connectivity index (χ3n) is 10.1. The van der Waals surface area contributed by atoms with Crippen LogP contribution in [0.15, 0.2) is 57.4 Å². The van der Waals surface area contributed by atoms with Crippen LogP contribution in [0, 0.1) is 25.2 Å². The first-order valence-corrected chi connectivity index (χ1v) is 16.8. The standard InChI is InChI=1S/C38H38N6O4/c1-23-28(7-5-9-30(23)37-41-33-20-44(21-34(33)47-37)35(46)22-43-14-11-27(45)19-43)29-8-6-10-31(24(29)2)38-40-32-16-25(18-42-12-3-4-13-42)15-26(17-39)36(32)48-38/h5-10,15-16,27,45H,3-4,11-14,18-22H2,1-2H3. The summed E-state index contributed by atoms with van der Waals surface area (Å²) < 4.78 is 12.6. The number of rotatable bonds is 7. The topological polar surface area (TPSA) is 123 Å². The van der Waals surface area contributed by atoms with Crippen LogP contribution >= 0.6 is 0 Å². The second kappa shape index (κ2) is 12.3. The van der Waals surface area contributed by atoms with Crippen molar-refractivity contribution in [3.8, 4) is 40.1 Å². The van der Waals surface area contributed by atoms with Crippen molar-refractivity contribution in [2.45, 2.75) is 58.8 Å². The van der Waals surface area contributed by atoms with Gasteiger partial charge in [0.15, 0.2) is 5.58 Å². The summed E-state index contributed by atoms with van der Waals surface area (Å²) in [6.07, 6.45) is 2.79. The number of benzene rings is 3. The molecule has 5 aromatic rings. The highest BCUT2D eigenvalue weighted by molar-refractivity contribution is 5.85. The smallest absolute Gasteiger partial charge is 0.237 e. The first-order chi connectivity index (χ1) is 23.3. The van der Waals surface area contributed by atoms with Gasteiger partial charge >= 0.3 is 0 Å². The van der Waals surface area contributed by atoms with E-state index >= 15 is 0 Å². The lowest BCUT2D eigenvalue weighted by Gasteiger charge is -2.20. The monoisotopic (exact) mass is 642 g/mol. The molecule has 5 heterocycles. The number of hydrogen-bond acceptors (Lipinski definition) is 9. The first-order valence-electron chi connectivity index (χ1n) is 16.8. The molecule has 8 rings (SSSR count). The number of fused-ring (bicyclic) bond motifs is 2. The highest BCUT2D eigenvalue weighted by Gasteiger charge is 2.32. The summed E-state index contributed by atoms with van der Waals surface area (Å²) in [7, 11) is 0. The van der Waals surface area contributed by atoms with E-state index < -0.39 is 0 Å². The lowest BCUT2D eigenvalue weighted by molar-refractivity contribution is -0.133. The summed E-state index contributed by atoms with van der Waals surface area (Å²) in [6, 6.07) is 18.6. The number of nitrogens with zero attached hydrogens (tertiary/aromatic N) is 6. The lowest BCUT2D eigenvalue weighted by Crippen LogP contribution is -2.37. The van der Waals surface area contributed by atoms with E-state index in [1.807, 2.05) is 35.2 Å². The zero-order valence-corrected chi connectivity index (χ0v) is 27.3. The molecular weight excluding hydrogens is 604 g/mol. The van der Waals surface area contributed by atoms with Crippen molar-refractivity contribution in [1.82, 2.24) is 24.7 Å². The molecule has 1 amide bonds. The highest BCUT2D eigenvalue weighted by atomic mass is 16.4. The van der Waals surface area contributed by atoms with Gasteiger partial charge in [0, 0.05) is 30.8 Å². The van der Waals surface area contributed by atoms with Crippen molar-refractivity contribution in [3.63, 3.8) is 0 Å². The van der Waals surface area contributed by atoms with Crippen LogP contribution in [-0.4, -0.2) is 74.5 Å². The number of carbonyl (C=O) groups is 1. The van der Waals surface area contributed by atoms with E-state index in [1.54, 1.807) is 4.90 Å². The molecule has 2 aromatic heterocycles. The van der Waals surface area contributed by atoms with E-state index in [9.17, 15) is 15.2 Å². The van der Waals surface area contributed by atoms with Crippen molar-refractivity contribution in [2.24, 2.45) is 0 Å². The fourth-order valence-electron chi connectivity index (χ4n) is 7.48. The molecule has 3 aliphatic rings. The van der Waals surface area contributed by atoms with Crippen LogP contribution in [0.1, 0.15) is 53.0 Å². The number of carbonyl (C=O) groups excluding carboxylic acids is 1. The van der Waals surface area contributed by atoms with Crippen LogP contribution in [0.4, 0.5) is 0 Å². The molecule has 0 radical (unpaired) electrons. The molecule has 244 valence electrons. The molecule has 48 heavy (non-hydrogen) atoms. The number of likely N-dealkylation sites (tertiary alicyclic amines) is 2. The maximum absolute atomic E-state index is 12.9. The van der Waals surface area contributed by atoms with Gasteiger partial charge in [-0.1, -0.05) is 24.3 Å². The normalized spacial score (nSPS) is 18.2. The average molecular weight is 643 g/mol. The van der Waals surface area contributed by atoms with Gasteiger partial charge in [-0.25, -0.2) is 9.97 Å². The number of aliphatic hydroxyl groups excluding tert-OH is 1. The SMILES string of the molecule is Cc1c(-c2nc3c(o2)CN(C(=O)CN2CCC(O)C2)C3)cccc1-c1cccc(-c2nc3cc(CN4CCCC4)cc(C#N)c3o2)c1C. The average Bonchev–Trinajstić information content (AvgIpc) is 3.91. The Morgan fingerprint density at radius 2 is 1.60 bits per heavy atom. The second-order valence-electron chi connectivity index (χ2n) is 13.4. The molecule has 3 aromatic carbocycles. The molecule has 0 bridgehead atoms. The Labute approximate surface area is 279 Å². The molecule has 0 aliphatic carbocycles. The molecule has 1 unspecified atom stereocenters. The number of β-amino-alcohol motifs (C(OH)–C–C–N with tert-alkyl or cyclic N) is 1. The van der Waals surface area contributed by atoms with E-state index in [-0.39, 0.29) is 12.0 Å². The molecule has 1 N–H and O–H groups in total. The van der Waals surface area contributed by atoms with Gasteiger partial charge in [-0.2, -0.15) is 5.26 Å². The molecule has 0 saturated carbocycles. The second-order valence-corrected chi connectivity index (χ2v) is 13.4. The molecule has 3 aliphatic heterocycles. The number of hydrogen-bond donors (Lipinski definition) is 1. The quantitative estimate of drug-likeness (QED) is 0.234. The van der Waals surface area contributed by atoms with Gasteiger partial charge in [-0.05, 0) is 98.3 Å². The third kappa shape index (κ3) is 5.58. The summed E-state index contributed by atoms with van der Waals surface area (Å²) in [5.74, 6) is 1.80. The minimum absolute atomic E-state index is 0.0256. The van der Waals surface area contributed by atoms with Gasteiger partial charge in [-0.3, -0.25) is 14.6 Å². The predicted octanol–water partition coefficient (Wildman–Crippen LogP) is 5.81. The zero-order chi connectivity index (χ0) is 32.9. The number of amides is 1. The lowest BCUT2D eigenvalue weighted by atomic mass is 9.91. The van der Waals surface area contributed by atoms with Gasteiger partial charge in [-0.15, -0.1) is 0 Å². The maximum Gasteiger partial charge on any atom is 0.237 e. The van der Waals surface area contributed by atoms with Crippen LogP contribution in [0.5, 0.6) is 0 Å². The zero-order valence-electron chi connectivity index (χ0n) is 27.3. The third-order valence-corrected chi connectivity index (χ3v) is 10.1. The van der Waals surface area contributed by atoms with Gasteiger partial charge in [0.05, 0.1) is 31.3 Å². The Bertz CT molecular complexity index is 2060. The predicted molar refractivity (Wildman–Crippen MR) is 180 cm³/mol. The van der Waals surface area contributed by atoms with E-state index in [0.717, 1.165) is 76.6 Å².